The lowest BCUT2D eigenvalue weighted by Crippen LogP contribution is -2.48. The molecule has 2 aliphatic heterocycles. The third kappa shape index (κ3) is 3.81. The molecule has 1 fully saturated rings. The van der Waals surface area contributed by atoms with Gasteiger partial charge >= 0.3 is 5.97 Å². The first-order chi connectivity index (χ1) is 16.0. The summed E-state index contributed by atoms with van der Waals surface area (Å²) in [4.78, 5) is 29.2. The van der Waals surface area contributed by atoms with Gasteiger partial charge in [-0.25, -0.2) is 14.2 Å². The highest BCUT2D eigenvalue weighted by Crippen LogP contribution is 2.34. The van der Waals surface area contributed by atoms with Gasteiger partial charge in [0.15, 0.2) is 11.6 Å². The van der Waals surface area contributed by atoms with Gasteiger partial charge in [-0.05, 0) is 31.5 Å². The van der Waals surface area contributed by atoms with Crippen molar-refractivity contribution in [3.8, 4) is 11.3 Å². The number of aromatic nitrogens is 2. The first-order valence-electron chi connectivity index (χ1n) is 10.9. The van der Waals surface area contributed by atoms with Gasteiger partial charge in [-0.1, -0.05) is 0 Å². The number of nitrogens with two attached hydrogens (primary N) is 1. The number of ether oxygens (including phenoxy) is 2. The lowest BCUT2D eigenvalue weighted by atomic mass is 10.0. The van der Waals surface area contributed by atoms with Crippen LogP contribution in [0.25, 0.3) is 16.8 Å². The molecule has 33 heavy (non-hydrogen) atoms. The molecule has 1 amide bonds. The topological polar surface area (TPSA) is 120 Å². The number of halogens is 1. The first-order valence-corrected chi connectivity index (χ1v) is 10.9. The number of hydrogen-bond donors (Lipinski definition) is 3. The van der Waals surface area contributed by atoms with Gasteiger partial charge in [0.05, 0.1) is 30.0 Å². The molecule has 3 aromatic heterocycles. The Hall–Kier alpha value is -3.50. The second kappa shape index (κ2) is 8.45. The van der Waals surface area contributed by atoms with Crippen LogP contribution in [0.1, 0.15) is 39.6 Å². The molecule has 0 bridgehead atoms. The predicted molar refractivity (Wildman–Crippen MR) is 119 cm³/mol. The maximum Gasteiger partial charge on any atom is 0.338 e. The molecule has 1 saturated heterocycles. The van der Waals surface area contributed by atoms with Crippen molar-refractivity contribution in [3.63, 3.8) is 0 Å². The number of amides is 1. The van der Waals surface area contributed by atoms with E-state index < -0.39 is 11.8 Å². The molecule has 0 aliphatic carbocycles. The lowest BCUT2D eigenvalue weighted by Gasteiger charge is -2.30. The van der Waals surface area contributed by atoms with E-state index in [1.165, 1.54) is 0 Å². The highest BCUT2D eigenvalue weighted by molar-refractivity contribution is 6.04. The Kier molecular flexibility index (Phi) is 5.47. The Balaban J connectivity index is 1.58. The van der Waals surface area contributed by atoms with Gasteiger partial charge in [0.1, 0.15) is 0 Å². The minimum Gasteiger partial charge on any atom is -0.462 e. The molecular weight excluding hydrogens is 429 g/mol. The number of pyridine rings is 2. The van der Waals surface area contributed by atoms with Crippen LogP contribution >= 0.6 is 0 Å². The molecule has 3 aromatic rings. The molecule has 0 aromatic carbocycles. The van der Waals surface area contributed by atoms with Crippen LogP contribution in [0.2, 0.25) is 0 Å². The number of nitrogens with zero attached hydrogens (tertiary/aromatic N) is 2. The molecular formula is C23H24FN5O4. The van der Waals surface area contributed by atoms with Crippen molar-refractivity contribution < 1.29 is 23.5 Å². The molecule has 4 N–H and O–H groups in total. The van der Waals surface area contributed by atoms with Gasteiger partial charge in [-0.15, -0.1) is 0 Å². The molecule has 2 atom stereocenters. The first kappa shape index (κ1) is 21.4. The number of fused-ring (bicyclic) bond motifs is 2. The molecule has 2 aliphatic rings. The average molecular weight is 453 g/mol. The third-order valence-electron chi connectivity index (χ3n) is 5.99. The van der Waals surface area contributed by atoms with Crippen molar-refractivity contribution in [1.82, 2.24) is 14.7 Å². The highest BCUT2D eigenvalue weighted by atomic mass is 19.1. The summed E-state index contributed by atoms with van der Waals surface area (Å²) >= 11 is 0. The molecule has 0 spiro atoms. The van der Waals surface area contributed by atoms with Crippen molar-refractivity contribution in [1.29, 1.82) is 0 Å². The van der Waals surface area contributed by atoms with Crippen LogP contribution < -0.4 is 16.4 Å². The Morgan fingerprint density at radius 3 is 3.09 bits per heavy atom. The minimum absolute atomic E-state index is 0.0602. The fourth-order valence-electron chi connectivity index (χ4n) is 4.28. The summed E-state index contributed by atoms with van der Waals surface area (Å²) < 4.78 is 27.5. The van der Waals surface area contributed by atoms with Gasteiger partial charge in [0.25, 0.3) is 5.91 Å². The number of nitrogens with one attached hydrogen (secondary N) is 2. The fraction of sp³-hybridized carbons (Fsp3) is 0.348. The van der Waals surface area contributed by atoms with E-state index in [-0.39, 0.29) is 48.1 Å². The van der Waals surface area contributed by atoms with Crippen LogP contribution in [0.3, 0.4) is 0 Å². The Morgan fingerprint density at radius 2 is 2.30 bits per heavy atom. The van der Waals surface area contributed by atoms with E-state index in [9.17, 15) is 9.59 Å². The summed E-state index contributed by atoms with van der Waals surface area (Å²) in [6.07, 6.45) is 4.15. The largest absolute Gasteiger partial charge is 0.462 e. The standard InChI is InChI=1S/C23H24FN5O4/c1-2-33-23(31)12-3-5-29-10-13(8-14(29)7-12)20-18-15(9-26-22(18)30)19(24)21(28-20)27-17-4-6-32-11-16(17)25/h3,5,7-8,10,16-17H,2,4,6,9,11,25H2,1H3,(H,26,30)(H,27,28)/t16-,17+/m0/s1. The van der Waals surface area contributed by atoms with E-state index in [2.05, 4.69) is 15.6 Å². The second-order valence-corrected chi connectivity index (χ2v) is 8.13. The monoisotopic (exact) mass is 453 g/mol. The lowest BCUT2D eigenvalue weighted by molar-refractivity contribution is 0.0526. The molecule has 172 valence electrons. The van der Waals surface area contributed by atoms with Crippen LogP contribution in [0.15, 0.2) is 30.6 Å². The zero-order valence-corrected chi connectivity index (χ0v) is 18.1. The molecule has 0 radical (unpaired) electrons. The SMILES string of the molecule is CCOC(=O)c1ccn2cc(-c3nc(N[C@@H]4CCOC[C@@H]4N)c(F)c4c3C(=O)NC4)cc2c1. The van der Waals surface area contributed by atoms with Crippen LogP contribution in [0, 0.1) is 5.82 Å². The van der Waals surface area contributed by atoms with E-state index in [0.29, 0.717) is 36.5 Å². The van der Waals surface area contributed by atoms with E-state index in [1.54, 1.807) is 37.5 Å². The summed E-state index contributed by atoms with van der Waals surface area (Å²) in [5.41, 5.74) is 8.75. The van der Waals surface area contributed by atoms with Crippen LogP contribution in [-0.2, 0) is 16.0 Å². The molecule has 9 nitrogen and oxygen atoms in total. The smallest absolute Gasteiger partial charge is 0.338 e. The zero-order valence-electron chi connectivity index (χ0n) is 18.1. The van der Waals surface area contributed by atoms with E-state index >= 15 is 4.39 Å². The number of carbonyl (C=O) groups excluding carboxylic acids is 2. The summed E-state index contributed by atoms with van der Waals surface area (Å²) in [5.74, 6) is -1.28. The number of hydrogen-bond acceptors (Lipinski definition) is 7. The highest BCUT2D eigenvalue weighted by Gasteiger charge is 2.32. The Labute approximate surface area is 189 Å². The second-order valence-electron chi connectivity index (χ2n) is 8.13. The van der Waals surface area contributed by atoms with Crippen molar-refractivity contribution in [3.05, 3.63) is 53.1 Å². The summed E-state index contributed by atoms with van der Waals surface area (Å²) in [6, 6.07) is 4.67. The van der Waals surface area contributed by atoms with Crippen molar-refractivity contribution in [2.75, 3.05) is 25.1 Å². The fourth-order valence-corrected chi connectivity index (χ4v) is 4.28. The van der Waals surface area contributed by atoms with Gasteiger partial charge in [-0.2, -0.15) is 0 Å². The maximum atomic E-state index is 15.3. The number of carbonyl (C=O) groups is 2. The van der Waals surface area contributed by atoms with E-state index in [0.717, 1.165) is 5.52 Å². The predicted octanol–water partition coefficient (Wildman–Crippen LogP) is 2.09. The summed E-state index contributed by atoms with van der Waals surface area (Å²) in [7, 11) is 0. The van der Waals surface area contributed by atoms with E-state index in [4.69, 9.17) is 15.2 Å². The van der Waals surface area contributed by atoms with Gasteiger partial charge in [0.2, 0.25) is 0 Å². The summed E-state index contributed by atoms with van der Waals surface area (Å²) in [6.45, 7) is 3.02. The average Bonchev–Trinajstić information content (AvgIpc) is 3.41. The number of rotatable bonds is 5. The van der Waals surface area contributed by atoms with Gasteiger partial charge < -0.3 is 30.2 Å². The van der Waals surface area contributed by atoms with E-state index in [1.807, 2.05) is 4.40 Å². The van der Waals surface area contributed by atoms with Crippen molar-refractivity contribution in [2.45, 2.75) is 32.0 Å². The number of anilines is 1. The molecule has 0 saturated carbocycles. The Bertz CT molecular complexity index is 1260. The van der Waals surface area contributed by atoms with Crippen LogP contribution in [-0.4, -0.2) is 53.2 Å². The zero-order chi connectivity index (χ0) is 23.1. The van der Waals surface area contributed by atoms with Gasteiger partial charge in [0, 0.05) is 54.3 Å². The molecule has 0 unspecified atom stereocenters. The van der Waals surface area contributed by atoms with Gasteiger partial charge in [-0.3, -0.25) is 4.79 Å². The quantitative estimate of drug-likeness (QED) is 0.506. The molecule has 5 rings (SSSR count). The van der Waals surface area contributed by atoms with Crippen LogP contribution in [0.4, 0.5) is 10.2 Å². The molecule has 10 heteroatoms. The van der Waals surface area contributed by atoms with Crippen molar-refractivity contribution in [2.24, 2.45) is 5.73 Å². The maximum absolute atomic E-state index is 15.3. The third-order valence-corrected chi connectivity index (χ3v) is 5.99. The summed E-state index contributed by atoms with van der Waals surface area (Å²) in [5, 5.41) is 5.82. The minimum atomic E-state index is -0.556. The number of esters is 1. The van der Waals surface area contributed by atoms with Crippen molar-refractivity contribution >= 4 is 23.2 Å². The van der Waals surface area contributed by atoms with Crippen LogP contribution in [0.5, 0.6) is 0 Å². The Morgan fingerprint density at radius 1 is 1.45 bits per heavy atom. The molecule has 5 heterocycles. The normalized spacial score (nSPS) is 19.9.